The molecule has 1 N–H and O–H groups in total. The normalized spacial score (nSPS) is 9.11. The maximum atomic E-state index is 10.3. The molecule has 0 radical (unpaired) electrons. The van der Waals surface area contributed by atoms with Gasteiger partial charge in [0.15, 0.2) is 0 Å². The van der Waals surface area contributed by atoms with Crippen LogP contribution in [0.25, 0.3) is 0 Å². The number of rotatable bonds is 4. The van der Waals surface area contributed by atoms with Crippen LogP contribution in [0.2, 0.25) is 0 Å². The summed E-state index contributed by atoms with van der Waals surface area (Å²) in [6, 6.07) is 0. The molecule has 0 amide bonds. The van der Waals surface area contributed by atoms with E-state index in [4.69, 9.17) is 5.11 Å². The first-order valence-corrected chi connectivity index (χ1v) is 3.15. The third-order valence-corrected chi connectivity index (χ3v) is 1.26. The molecule has 0 aromatic heterocycles. The molecule has 0 saturated carbocycles. The van der Waals surface area contributed by atoms with E-state index in [0.717, 1.165) is 0 Å². The molecular weight excluding hydrogens is 136 g/mol. The minimum Gasteiger partial charge on any atom is -0.396 e. The van der Waals surface area contributed by atoms with E-state index in [0.29, 0.717) is 18.4 Å². The van der Waals surface area contributed by atoms with E-state index >= 15 is 0 Å². The highest BCUT2D eigenvalue weighted by atomic mass is 32.1. The molecule has 0 aliphatic carbocycles. The summed E-state index contributed by atoms with van der Waals surface area (Å²) < 4.78 is 0. The van der Waals surface area contributed by atoms with Crippen LogP contribution in [0.5, 0.6) is 0 Å². The third-order valence-electron chi connectivity index (χ3n) is 0.939. The van der Waals surface area contributed by atoms with Crippen LogP contribution in [0.1, 0.15) is 12.8 Å². The Morgan fingerprint density at radius 3 is 2.56 bits per heavy atom. The SMILES string of the molecule is C=C(CCCO)C(=O)S. The summed E-state index contributed by atoms with van der Waals surface area (Å²) in [6.45, 7) is 3.55. The molecule has 9 heavy (non-hydrogen) atoms. The summed E-state index contributed by atoms with van der Waals surface area (Å²) >= 11 is 3.55. The Balaban J connectivity index is 3.39. The van der Waals surface area contributed by atoms with Gasteiger partial charge in [-0.05, 0) is 18.4 Å². The van der Waals surface area contributed by atoms with E-state index in [-0.39, 0.29) is 11.7 Å². The fourth-order valence-corrected chi connectivity index (χ4v) is 0.511. The van der Waals surface area contributed by atoms with Crippen LogP contribution in [0, 0.1) is 0 Å². The lowest BCUT2D eigenvalue weighted by molar-refractivity contribution is -0.107. The van der Waals surface area contributed by atoms with Gasteiger partial charge >= 0.3 is 0 Å². The van der Waals surface area contributed by atoms with Gasteiger partial charge in [0.1, 0.15) is 0 Å². The van der Waals surface area contributed by atoms with Gasteiger partial charge < -0.3 is 5.11 Å². The highest BCUT2D eigenvalue weighted by molar-refractivity contribution is 7.97. The van der Waals surface area contributed by atoms with Crippen molar-refractivity contribution in [3.63, 3.8) is 0 Å². The molecule has 0 aliphatic heterocycles. The molecule has 52 valence electrons. The number of thiol groups is 1. The summed E-state index contributed by atoms with van der Waals surface area (Å²) in [5, 5.41) is 8.03. The summed E-state index contributed by atoms with van der Waals surface area (Å²) in [5.74, 6) is 0. The monoisotopic (exact) mass is 146 g/mol. The zero-order chi connectivity index (χ0) is 7.28. The molecule has 0 saturated heterocycles. The van der Waals surface area contributed by atoms with Crippen molar-refractivity contribution >= 4 is 17.7 Å². The van der Waals surface area contributed by atoms with Gasteiger partial charge in [-0.25, -0.2) is 0 Å². The molecule has 0 atom stereocenters. The predicted molar refractivity (Wildman–Crippen MR) is 39.5 cm³/mol. The van der Waals surface area contributed by atoms with Gasteiger partial charge in [0.2, 0.25) is 5.12 Å². The molecule has 0 fully saturated rings. The van der Waals surface area contributed by atoms with Gasteiger partial charge in [0, 0.05) is 6.61 Å². The van der Waals surface area contributed by atoms with Crippen molar-refractivity contribution in [1.82, 2.24) is 0 Å². The van der Waals surface area contributed by atoms with Crippen molar-refractivity contribution in [3.05, 3.63) is 12.2 Å². The van der Waals surface area contributed by atoms with E-state index in [1.807, 2.05) is 0 Å². The molecule has 0 heterocycles. The van der Waals surface area contributed by atoms with E-state index < -0.39 is 0 Å². The molecule has 0 aromatic carbocycles. The second-order valence-corrected chi connectivity index (χ2v) is 2.14. The van der Waals surface area contributed by atoms with Crippen LogP contribution >= 0.6 is 12.6 Å². The Hall–Kier alpha value is -0.280. The first-order chi connectivity index (χ1) is 4.18. The molecule has 0 aliphatic rings. The number of aliphatic hydroxyl groups excluding tert-OH is 1. The highest BCUT2D eigenvalue weighted by Gasteiger charge is 1.98. The maximum absolute atomic E-state index is 10.3. The third kappa shape index (κ3) is 4.24. The van der Waals surface area contributed by atoms with Gasteiger partial charge in [-0.2, -0.15) is 0 Å². The van der Waals surface area contributed by atoms with E-state index in [2.05, 4.69) is 19.2 Å². The molecule has 0 spiro atoms. The van der Waals surface area contributed by atoms with E-state index in [1.54, 1.807) is 0 Å². The zero-order valence-electron chi connectivity index (χ0n) is 5.13. The van der Waals surface area contributed by atoms with Crippen molar-refractivity contribution < 1.29 is 9.90 Å². The molecule has 2 nitrogen and oxygen atoms in total. The molecule has 0 unspecified atom stereocenters. The number of aliphatic hydroxyl groups is 1. The fraction of sp³-hybridized carbons (Fsp3) is 0.500. The van der Waals surface area contributed by atoms with Crippen molar-refractivity contribution in [2.24, 2.45) is 0 Å². The lowest BCUT2D eigenvalue weighted by atomic mass is 10.2. The smallest absolute Gasteiger partial charge is 0.211 e. The van der Waals surface area contributed by atoms with Gasteiger partial charge in [-0.1, -0.05) is 6.58 Å². The van der Waals surface area contributed by atoms with Crippen molar-refractivity contribution in [1.29, 1.82) is 0 Å². The van der Waals surface area contributed by atoms with Crippen LogP contribution in [-0.4, -0.2) is 16.8 Å². The zero-order valence-corrected chi connectivity index (χ0v) is 6.03. The average molecular weight is 146 g/mol. The summed E-state index contributed by atoms with van der Waals surface area (Å²) in [4.78, 5) is 10.3. The lowest BCUT2D eigenvalue weighted by Crippen LogP contribution is -1.93. The molecule has 3 heteroatoms. The first-order valence-electron chi connectivity index (χ1n) is 2.70. The standard InChI is InChI=1S/C6H10O2S/c1-5(6(8)9)3-2-4-7/h7H,1-4H2,(H,8,9). The number of carbonyl (C=O) groups is 1. The maximum Gasteiger partial charge on any atom is 0.211 e. The number of hydrogen-bond acceptors (Lipinski definition) is 2. The lowest BCUT2D eigenvalue weighted by Gasteiger charge is -1.95. The van der Waals surface area contributed by atoms with Crippen molar-refractivity contribution in [2.75, 3.05) is 6.61 Å². The minimum absolute atomic E-state index is 0.0973. The summed E-state index contributed by atoms with van der Waals surface area (Å²) in [6.07, 6.45) is 1.13. The van der Waals surface area contributed by atoms with Crippen LogP contribution < -0.4 is 0 Å². The van der Waals surface area contributed by atoms with Gasteiger partial charge in [0.25, 0.3) is 0 Å². The van der Waals surface area contributed by atoms with Gasteiger partial charge in [0.05, 0.1) is 0 Å². The highest BCUT2D eigenvalue weighted by Crippen LogP contribution is 2.04. The Labute approximate surface area is 60.0 Å². The van der Waals surface area contributed by atoms with Crippen LogP contribution in [0.15, 0.2) is 12.2 Å². The topological polar surface area (TPSA) is 37.3 Å². The van der Waals surface area contributed by atoms with Crippen molar-refractivity contribution in [3.8, 4) is 0 Å². The van der Waals surface area contributed by atoms with Crippen molar-refractivity contribution in [2.45, 2.75) is 12.8 Å². The van der Waals surface area contributed by atoms with Gasteiger partial charge in [-0.15, -0.1) is 12.6 Å². The first kappa shape index (κ1) is 8.72. The number of carbonyl (C=O) groups excluding carboxylic acids is 1. The molecular formula is C6H10O2S. The molecule has 0 aromatic rings. The van der Waals surface area contributed by atoms with Crippen LogP contribution in [0.3, 0.4) is 0 Å². The predicted octanol–water partition coefficient (Wildman–Crippen LogP) is 0.771. The van der Waals surface area contributed by atoms with E-state index in [1.165, 1.54) is 0 Å². The summed E-state index contributed by atoms with van der Waals surface area (Å²) in [7, 11) is 0. The van der Waals surface area contributed by atoms with Crippen LogP contribution in [0.4, 0.5) is 0 Å². The second-order valence-electron chi connectivity index (χ2n) is 1.74. The summed E-state index contributed by atoms with van der Waals surface area (Å²) in [5.41, 5.74) is 0.465. The van der Waals surface area contributed by atoms with E-state index in [9.17, 15) is 4.79 Å². The van der Waals surface area contributed by atoms with Crippen LogP contribution in [-0.2, 0) is 4.79 Å². The molecule has 0 bridgehead atoms. The Kier molecular flexibility index (Phi) is 4.44. The van der Waals surface area contributed by atoms with Gasteiger partial charge in [-0.3, -0.25) is 4.79 Å². The molecule has 0 rings (SSSR count). The largest absolute Gasteiger partial charge is 0.396 e. The minimum atomic E-state index is -0.288. The number of hydrogen-bond donors (Lipinski definition) is 2. The average Bonchev–Trinajstić information content (AvgIpc) is 1.82. The fourth-order valence-electron chi connectivity index (χ4n) is 0.399. The Morgan fingerprint density at radius 2 is 2.22 bits per heavy atom. The Morgan fingerprint density at radius 1 is 1.67 bits per heavy atom. The quantitative estimate of drug-likeness (QED) is 0.454. The second kappa shape index (κ2) is 4.58. The Bertz CT molecular complexity index is 120.